The smallest absolute Gasteiger partial charge is 1.00 e. The van der Waals surface area contributed by atoms with Crippen molar-refractivity contribution in [3.8, 4) is 189 Å². The molecule has 644 valence electrons. The summed E-state index contributed by atoms with van der Waals surface area (Å²) in [6, 6.07) is 128. The minimum absolute atomic E-state index is 0. The minimum atomic E-state index is -0.426. The van der Waals surface area contributed by atoms with Crippen LogP contribution in [0.25, 0.3) is 189 Å². The molecule has 16 heteroatoms. The van der Waals surface area contributed by atoms with Gasteiger partial charge in [0, 0.05) is 190 Å². The van der Waals surface area contributed by atoms with Crippen molar-refractivity contribution in [1.29, 1.82) is 0 Å². The summed E-state index contributed by atoms with van der Waals surface area (Å²) < 4.78 is 14.8. The molecule has 0 saturated carbocycles. The van der Waals surface area contributed by atoms with E-state index in [2.05, 4.69) is 447 Å². The van der Waals surface area contributed by atoms with Gasteiger partial charge >= 0.3 is 58.5 Å². The molecule has 0 N–H and O–H groups in total. The van der Waals surface area contributed by atoms with Gasteiger partial charge in [-0.05, 0) is 361 Å². The summed E-state index contributed by atoms with van der Waals surface area (Å²) in [5, 5.41) is 0. The Balaban J connectivity index is 0.000000196. The Morgan fingerprint density at radius 2 is 0.351 bits per heavy atom. The second-order valence-corrected chi connectivity index (χ2v) is 35.3. The maximum Gasteiger partial charge on any atom is 1.00 e. The molecule has 0 atom stereocenters. The molecule has 0 unspecified atom stereocenters. The van der Waals surface area contributed by atoms with Crippen molar-refractivity contribution < 1.29 is 62.1 Å². The number of hydrogen-bond donors (Lipinski definition) is 0. The fraction of sp³-hybridized carbons (Fsp3) is 0.0508. The third-order valence-electron chi connectivity index (χ3n) is 24.2. The van der Waals surface area contributed by atoms with Crippen molar-refractivity contribution in [2.75, 3.05) is 0 Å². The summed E-state index contributed by atoms with van der Waals surface area (Å²) >= 11 is 10.8. The number of halogens is 4. The van der Waals surface area contributed by atoms with Crippen LogP contribution in [0.5, 0.6) is 0 Å². The Morgan fingerprint density at radius 3 is 0.545 bits per heavy atom. The molecule has 10 nitrogen and oxygen atoms in total. The number of benzene rings is 12. The predicted molar refractivity (Wildman–Crippen MR) is 574 cm³/mol. The first kappa shape index (κ1) is 93.7. The van der Waals surface area contributed by atoms with E-state index in [-0.39, 0.29) is 52.8 Å². The fourth-order valence-corrected chi connectivity index (χ4v) is 17.6. The molecular formula is C118H88BBr2I2KN8O2. The summed E-state index contributed by atoms with van der Waals surface area (Å²) in [6.45, 7) is 8.36. The van der Waals surface area contributed by atoms with Crippen LogP contribution >= 0.6 is 69.1 Å². The third-order valence-corrected chi connectivity index (χ3v) is 25.0. The van der Waals surface area contributed by atoms with Gasteiger partial charge in [-0.2, -0.15) is 0 Å². The largest absolute Gasteiger partial charge is 1.00 e. The zero-order valence-corrected chi connectivity index (χ0v) is 84.9. The number of aromatic nitrogens is 8. The molecule has 1 aliphatic rings. The molecule has 9 heterocycles. The topological polar surface area (TPSA) is 122 Å². The summed E-state index contributed by atoms with van der Waals surface area (Å²) in [6.07, 6.45) is 29.8. The first-order chi connectivity index (χ1) is 65.1. The van der Waals surface area contributed by atoms with Gasteiger partial charge in [0.05, 0.1) is 11.2 Å². The van der Waals surface area contributed by atoms with Gasteiger partial charge in [0.25, 0.3) is 0 Å². The van der Waals surface area contributed by atoms with Crippen molar-refractivity contribution in [1.82, 2.24) is 39.9 Å². The number of pyridine rings is 8. The van der Waals surface area contributed by atoms with Gasteiger partial charge in [0.2, 0.25) is 0 Å². The second-order valence-electron chi connectivity index (χ2n) is 33.5. The second kappa shape index (κ2) is 43.9. The Bertz CT molecular complexity index is 6880. The molecular weight excluding hydrogens is 2020 g/mol. The average molecular weight is 2110 g/mol. The molecule has 0 radical (unpaired) electrons. The van der Waals surface area contributed by atoms with E-state index in [1.807, 2.05) is 117 Å². The van der Waals surface area contributed by atoms with Gasteiger partial charge < -0.3 is 10.7 Å². The molecule has 1 saturated heterocycles. The van der Waals surface area contributed by atoms with Crippen LogP contribution in [0.2, 0.25) is 0 Å². The maximum absolute atomic E-state index is 6.41. The van der Waals surface area contributed by atoms with Gasteiger partial charge in [-0.3, -0.25) is 39.9 Å². The van der Waals surface area contributed by atoms with E-state index in [0.717, 1.165) is 204 Å². The average Bonchev–Trinajstić information content (AvgIpc) is 1.58. The van der Waals surface area contributed by atoms with Gasteiger partial charge in [0.1, 0.15) is 0 Å². The predicted octanol–water partition coefficient (Wildman–Crippen LogP) is 29.3. The quantitative estimate of drug-likeness (QED) is 0.0606. The number of nitrogens with zero attached hydrogens (tertiary/aromatic N) is 8. The minimum Gasteiger partial charge on any atom is -1.00 e. The Labute approximate surface area is 867 Å². The van der Waals surface area contributed by atoms with E-state index < -0.39 is 18.3 Å². The van der Waals surface area contributed by atoms with Crippen LogP contribution in [-0.4, -0.2) is 58.2 Å². The van der Waals surface area contributed by atoms with Crippen molar-refractivity contribution in [2.24, 2.45) is 0 Å². The fourth-order valence-electron chi connectivity index (χ4n) is 16.6. The molecule has 134 heavy (non-hydrogen) atoms. The Morgan fingerprint density at radius 1 is 0.194 bits per heavy atom. The van der Waals surface area contributed by atoms with Crippen LogP contribution in [-0.2, 0) is 9.31 Å². The van der Waals surface area contributed by atoms with Crippen molar-refractivity contribution in [2.45, 2.75) is 38.9 Å². The Hall–Kier alpha value is -12.1. The van der Waals surface area contributed by atoms with Crippen molar-refractivity contribution in [3.05, 3.63) is 466 Å². The van der Waals surface area contributed by atoms with Gasteiger partial charge in [-0.25, -0.2) is 0 Å². The molecule has 0 amide bonds. The summed E-state index contributed by atoms with van der Waals surface area (Å²) in [5.41, 5.74) is 38.0. The molecule has 0 spiro atoms. The van der Waals surface area contributed by atoms with Crippen LogP contribution < -0.4 is 56.8 Å². The third kappa shape index (κ3) is 22.8. The molecule has 21 rings (SSSR count). The zero-order valence-electron chi connectivity index (χ0n) is 75.3. The number of rotatable bonds is 18. The van der Waals surface area contributed by atoms with Crippen LogP contribution in [0.3, 0.4) is 0 Å². The first-order valence-corrected chi connectivity index (χ1v) is 51.6. The van der Waals surface area contributed by atoms with E-state index >= 15 is 0 Å². The van der Waals surface area contributed by atoms with E-state index in [1.54, 1.807) is 24.8 Å². The van der Waals surface area contributed by atoms with Crippen LogP contribution in [0.1, 0.15) is 29.1 Å². The number of hydrogen-bond acceptors (Lipinski definition) is 10. The van der Waals surface area contributed by atoms with Crippen LogP contribution in [0, 0.1) is 0 Å². The van der Waals surface area contributed by atoms with Gasteiger partial charge in [-0.1, -0.05) is 206 Å². The first-order valence-electron chi connectivity index (χ1n) is 43.7. The van der Waals surface area contributed by atoms with Crippen molar-refractivity contribution >= 4 is 81.7 Å². The molecule has 1 fully saturated rings. The summed E-state index contributed by atoms with van der Waals surface area (Å²) in [7, 11) is -0.426. The molecule has 8 aromatic heterocycles. The molecule has 0 bridgehead atoms. The summed E-state index contributed by atoms with van der Waals surface area (Å²) in [5.74, 6) is 0. The maximum atomic E-state index is 6.41. The van der Waals surface area contributed by atoms with Gasteiger partial charge in [0.15, 0.2) is 0 Å². The standard InChI is InChI=1S/C73H49N5.C40H35BN2O2.C5H3Br2N.I2.K.H/c1-11-50(62-23-7-27-74-44-62)31-54(15-1)66-37-67(55-16-2-12-51(32-55)63-24-8-28-75-45-63)40-70(39-66)58-19-5-21-60(35-58)72-43-73(49-78-48-72)61-22-6-20-59(36-61)71-41-68(56-17-3-13-52(33-56)64-25-9-29-76-46-64)38-69(42-71)57-18-4-14-53(34-57)65-26-10-30-77-47-65;1-39(2)40(3,4)45-41(44-39)38-17-7-14-32(25-38)37-23-35(30-12-5-10-28(20-30)33-15-8-18-42-26-33)22-36(24-37)31-13-6-11-29(21-31)34-16-9-19-43-27-34;6-4-1-5(7)3-8-2-4;1-2;;/h1-49H;5-27H,1-4H3;1-3H;;;/q;;;;+1;-1. The normalized spacial score (nSPS) is 12.2. The van der Waals surface area contributed by atoms with E-state index in [1.165, 1.54) is 0 Å². The SMILES string of the molecule is Brc1cncc(Br)c1.CC1(C)OB(c2cccc(-c3cc(-c4cccc(-c5cccnc5)c4)cc(-c4cccc(-c5cccnc5)c4)c3)c2)OC1(C)C.II.[H-].[K+].c1cncc(-c2cccc(-c3cc(-c4cccc(-c5cccnc5)c4)cc(-c4cccc(-c5cncc(-c6cccc(-c7cc(-c8cccc(-c9cccnc9)c8)cc(-c8cccc(-c9cccnc9)c8)c7)c6)c5)c4)c3)c2)c1. The molecule has 20 aromatic rings. The molecule has 0 aliphatic carbocycles. The van der Waals surface area contributed by atoms with Gasteiger partial charge in [-0.15, -0.1) is 0 Å². The monoisotopic (exact) mass is 2110 g/mol. The van der Waals surface area contributed by atoms with Crippen molar-refractivity contribution in [3.63, 3.8) is 0 Å². The van der Waals surface area contributed by atoms with Crippen LogP contribution in [0.4, 0.5) is 0 Å². The summed E-state index contributed by atoms with van der Waals surface area (Å²) in [4.78, 5) is 35.1. The molecule has 12 aromatic carbocycles. The van der Waals surface area contributed by atoms with E-state index in [4.69, 9.17) is 14.3 Å². The Kier molecular flexibility index (Phi) is 30.7. The van der Waals surface area contributed by atoms with E-state index in [9.17, 15) is 0 Å². The van der Waals surface area contributed by atoms with E-state index in [0.29, 0.717) is 0 Å². The zero-order chi connectivity index (χ0) is 91.0. The van der Waals surface area contributed by atoms with Crippen LogP contribution in [0.15, 0.2) is 466 Å². The molecule has 1 aliphatic heterocycles.